The van der Waals surface area contributed by atoms with Crippen molar-refractivity contribution in [3.63, 3.8) is 0 Å². The van der Waals surface area contributed by atoms with Gasteiger partial charge < -0.3 is 4.90 Å². The average Bonchev–Trinajstić information content (AvgIpc) is 2.37. The van der Waals surface area contributed by atoms with Gasteiger partial charge in [0.25, 0.3) is 0 Å². The van der Waals surface area contributed by atoms with Crippen LogP contribution >= 0.6 is 0 Å². The van der Waals surface area contributed by atoms with Crippen molar-refractivity contribution in [2.75, 3.05) is 25.4 Å². The van der Waals surface area contributed by atoms with Crippen LogP contribution in [0.1, 0.15) is 19.8 Å². The second-order valence-corrected chi connectivity index (χ2v) is 6.48. The molecule has 0 bridgehead atoms. The van der Waals surface area contributed by atoms with Crippen molar-refractivity contribution in [2.45, 2.75) is 24.7 Å². The van der Waals surface area contributed by atoms with Gasteiger partial charge in [-0.2, -0.15) is 0 Å². The van der Waals surface area contributed by atoms with Crippen LogP contribution in [-0.2, 0) is 10.8 Å². The van der Waals surface area contributed by atoms with E-state index < -0.39 is 10.8 Å². The Hall–Kier alpha value is -0.670. The first kappa shape index (κ1) is 12.8. The average molecular weight is 251 g/mol. The monoisotopic (exact) mass is 251 g/mol. The smallest absolute Gasteiger partial charge is 0.0542 e. The predicted octanol–water partition coefficient (Wildman–Crippen LogP) is 2.53. The van der Waals surface area contributed by atoms with Gasteiger partial charge in [0, 0.05) is 23.7 Å². The molecular formula is C14H21NOS. The van der Waals surface area contributed by atoms with Crippen molar-refractivity contribution in [3.05, 3.63) is 30.3 Å². The van der Waals surface area contributed by atoms with Crippen molar-refractivity contribution >= 4 is 10.8 Å². The van der Waals surface area contributed by atoms with E-state index in [2.05, 4.69) is 11.8 Å². The molecule has 1 fully saturated rings. The van der Waals surface area contributed by atoms with Crippen molar-refractivity contribution in [3.8, 4) is 0 Å². The molecule has 0 N–H and O–H groups in total. The largest absolute Gasteiger partial charge is 0.302 e. The molecule has 1 aliphatic heterocycles. The number of nitrogens with zero attached hydrogens (tertiary/aromatic N) is 1. The Morgan fingerprint density at radius 1 is 1.35 bits per heavy atom. The Bertz CT molecular complexity index is 366. The van der Waals surface area contributed by atoms with Crippen LogP contribution < -0.4 is 0 Å². The Balaban J connectivity index is 1.80. The lowest BCUT2D eigenvalue weighted by Crippen LogP contribution is -2.36. The van der Waals surface area contributed by atoms with Crippen LogP contribution in [0.2, 0.25) is 0 Å². The van der Waals surface area contributed by atoms with Crippen molar-refractivity contribution in [1.82, 2.24) is 4.90 Å². The molecule has 2 nitrogen and oxygen atoms in total. The minimum atomic E-state index is -0.838. The molecule has 1 aromatic carbocycles. The maximum atomic E-state index is 12.1. The lowest BCUT2D eigenvalue weighted by molar-refractivity contribution is 0.194. The first-order valence-corrected chi connectivity index (χ1v) is 7.73. The summed E-state index contributed by atoms with van der Waals surface area (Å²) in [5.74, 6) is 1.56. The SMILES string of the molecule is C[C@@H]1CCCN(CC[S@@](=O)c2ccccc2)C1. The summed E-state index contributed by atoms with van der Waals surface area (Å²) >= 11 is 0. The van der Waals surface area contributed by atoms with E-state index >= 15 is 0 Å². The highest BCUT2D eigenvalue weighted by Crippen LogP contribution is 2.15. The second kappa shape index (κ2) is 6.31. The molecule has 0 saturated carbocycles. The Morgan fingerprint density at radius 2 is 2.12 bits per heavy atom. The minimum absolute atomic E-state index is 0.761. The molecule has 1 saturated heterocycles. The Kier molecular flexibility index (Phi) is 4.75. The zero-order chi connectivity index (χ0) is 12.1. The van der Waals surface area contributed by atoms with Crippen LogP contribution in [0.15, 0.2) is 35.2 Å². The van der Waals surface area contributed by atoms with E-state index in [-0.39, 0.29) is 0 Å². The summed E-state index contributed by atoms with van der Waals surface area (Å²) in [4.78, 5) is 3.41. The highest BCUT2D eigenvalue weighted by Gasteiger charge is 2.16. The zero-order valence-corrected chi connectivity index (χ0v) is 11.3. The molecule has 94 valence electrons. The molecule has 1 heterocycles. The number of hydrogen-bond acceptors (Lipinski definition) is 2. The van der Waals surface area contributed by atoms with E-state index in [4.69, 9.17) is 0 Å². The minimum Gasteiger partial charge on any atom is -0.302 e. The van der Waals surface area contributed by atoms with Crippen LogP contribution in [0, 0.1) is 5.92 Å². The molecule has 0 radical (unpaired) electrons. The quantitative estimate of drug-likeness (QED) is 0.819. The maximum absolute atomic E-state index is 12.1. The lowest BCUT2D eigenvalue weighted by atomic mass is 10.0. The van der Waals surface area contributed by atoms with Crippen LogP contribution in [0.5, 0.6) is 0 Å². The topological polar surface area (TPSA) is 20.3 Å². The summed E-state index contributed by atoms with van der Waals surface area (Å²) in [7, 11) is -0.838. The van der Waals surface area contributed by atoms with E-state index in [0.29, 0.717) is 0 Å². The molecule has 1 aliphatic rings. The van der Waals surface area contributed by atoms with Gasteiger partial charge in [0.05, 0.1) is 10.8 Å². The molecule has 0 unspecified atom stereocenters. The number of benzene rings is 1. The van der Waals surface area contributed by atoms with Gasteiger partial charge in [0.15, 0.2) is 0 Å². The van der Waals surface area contributed by atoms with E-state index in [9.17, 15) is 4.21 Å². The number of piperidine rings is 1. The second-order valence-electron chi connectivity index (χ2n) is 4.91. The van der Waals surface area contributed by atoms with Gasteiger partial charge in [0.2, 0.25) is 0 Å². The van der Waals surface area contributed by atoms with E-state index in [1.165, 1.54) is 25.9 Å². The molecule has 0 spiro atoms. The maximum Gasteiger partial charge on any atom is 0.0542 e. The molecule has 17 heavy (non-hydrogen) atoms. The summed E-state index contributed by atoms with van der Waals surface area (Å²) in [6, 6.07) is 9.78. The van der Waals surface area contributed by atoms with Gasteiger partial charge in [-0.05, 0) is 37.4 Å². The van der Waals surface area contributed by atoms with Crippen LogP contribution in [-0.4, -0.2) is 34.5 Å². The molecule has 2 atom stereocenters. The van der Waals surface area contributed by atoms with Gasteiger partial charge in [-0.15, -0.1) is 0 Å². The summed E-state index contributed by atoms with van der Waals surface area (Å²) in [5, 5.41) is 0. The third-order valence-corrected chi connectivity index (χ3v) is 4.69. The molecule has 0 aliphatic carbocycles. The zero-order valence-electron chi connectivity index (χ0n) is 10.5. The van der Waals surface area contributed by atoms with Crippen LogP contribution in [0.3, 0.4) is 0 Å². The molecule has 3 heteroatoms. The summed E-state index contributed by atoms with van der Waals surface area (Å²) in [6.45, 7) is 5.62. The van der Waals surface area contributed by atoms with Gasteiger partial charge in [-0.3, -0.25) is 4.21 Å². The van der Waals surface area contributed by atoms with Crippen molar-refractivity contribution in [2.24, 2.45) is 5.92 Å². The molecule has 0 aromatic heterocycles. The van der Waals surface area contributed by atoms with E-state index in [1.54, 1.807) is 0 Å². The first-order valence-electron chi connectivity index (χ1n) is 6.41. The van der Waals surface area contributed by atoms with E-state index in [1.807, 2.05) is 30.3 Å². The predicted molar refractivity (Wildman–Crippen MR) is 72.6 cm³/mol. The van der Waals surface area contributed by atoms with Gasteiger partial charge >= 0.3 is 0 Å². The molecule has 0 amide bonds. The Labute approximate surface area is 106 Å². The normalized spacial score (nSPS) is 23.5. The number of rotatable bonds is 4. The molecular weight excluding hydrogens is 230 g/mol. The van der Waals surface area contributed by atoms with Gasteiger partial charge in [-0.1, -0.05) is 25.1 Å². The number of hydrogen-bond donors (Lipinski definition) is 0. The van der Waals surface area contributed by atoms with Crippen molar-refractivity contribution in [1.29, 1.82) is 0 Å². The third kappa shape index (κ3) is 3.93. The van der Waals surface area contributed by atoms with Crippen LogP contribution in [0.4, 0.5) is 0 Å². The lowest BCUT2D eigenvalue weighted by Gasteiger charge is -2.30. The number of likely N-dealkylation sites (tertiary alicyclic amines) is 1. The standard InChI is InChI=1S/C14H21NOS/c1-13-6-5-9-15(12-13)10-11-17(16)14-7-3-2-4-8-14/h2-4,7-8,13H,5-6,9-12H2,1H3/t13-,17-/m1/s1. The van der Waals surface area contributed by atoms with Crippen LogP contribution in [0.25, 0.3) is 0 Å². The van der Waals surface area contributed by atoms with Gasteiger partial charge in [0.1, 0.15) is 0 Å². The van der Waals surface area contributed by atoms with E-state index in [0.717, 1.165) is 23.1 Å². The Morgan fingerprint density at radius 3 is 2.82 bits per heavy atom. The fraction of sp³-hybridized carbons (Fsp3) is 0.571. The summed E-state index contributed by atoms with van der Waals surface area (Å²) in [5.41, 5.74) is 0. The molecule has 1 aromatic rings. The fourth-order valence-corrected chi connectivity index (χ4v) is 3.51. The summed E-state index contributed by atoms with van der Waals surface area (Å²) in [6.07, 6.45) is 2.64. The highest BCUT2D eigenvalue weighted by molar-refractivity contribution is 7.85. The third-order valence-electron chi connectivity index (χ3n) is 3.34. The van der Waals surface area contributed by atoms with Crippen molar-refractivity contribution < 1.29 is 4.21 Å². The highest BCUT2D eigenvalue weighted by atomic mass is 32.2. The molecule has 2 rings (SSSR count). The summed E-state index contributed by atoms with van der Waals surface area (Å²) < 4.78 is 12.1. The first-order chi connectivity index (χ1) is 8.25. The fourth-order valence-electron chi connectivity index (χ4n) is 2.39. The van der Waals surface area contributed by atoms with Gasteiger partial charge in [-0.25, -0.2) is 0 Å².